The molecule has 0 aliphatic rings. The molecule has 0 saturated carbocycles. The number of nitrogens with zero attached hydrogens (tertiary/aromatic N) is 1. The van der Waals surface area contributed by atoms with E-state index in [9.17, 15) is 4.79 Å². The molecule has 1 aromatic carbocycles. The van der Waals surface area contributed by atoms with Gasteiger partial charge in [-0.3, -0.25) is 4.79 Å². The van der Waals surface area contributed by atoms with Gasteiger partial charge >= 0.3 is 0 Å². The second-order valence-electron chi connectivity index (χ2n) is 4.72. The Hall–Kier alpha value is -3.28. The van der Waals surface area contributed by atoms with Gasteiger partial charge < -0.3 is 19.8 Å². The molecule has 1 amide bonds. The number of amides is 1. The molecule has 3 rings (SSSR count). The number of rotatable bonds is 5. The lowest BCUT2D eigenvalue weighted by Crippen LogP contribution is -2.11. The first kappa shape index (κ1) is 14.6. The number of ether oxygens (including phenoxy) is 1. The second-order valence-corrected chi connectivity index (χ2v) is 4.72. The van der Waals surface area contributed by atoms with E-state index < -0.39 is 0 Å². The first-order valence-electron chi connectivity index (χ1n) is 6.96. The Morgan fingerprint density at radius 1 is 1.13 bits per heavy atom. The van der Waals surface area contributed by atoms with Gasteiger partial charge in [-0.1, -0.05) is 6.07 Å². The van der Waals surface area contributed by atoms with Crippen molar-refractivity contribution in [2.24, 2.45) is 0 Å². The molecule has 23 heavy (non-hydrogen) atoms. The lowest BCUT2D eigenvalue weighted by Gasteiger charge is -2.08. The Bertz CT molecular complexity index is 783. The number of nitrogens with one attached hydrogen (secondary N) is 2. The van der Waals surface area contributed by atoms with E-state index in [1.807, 2.05) is 30.3 Å². The molecule has 2 N–H and O–H groups in total. The minimum atomic E-state index is -0.337. The number of benzene rings is 1. The summed E-state index contributed by atoms with van der Waals surface area (Å²) in [5, 5.41) is 5.88. The van der Waals surface area contributed by atoms with Crippen LogP contribution in [0, 0.1) is 0 Å². The zero-order chi connectivity index (χ0) is 16.1. The summed E-state index contributed by atoms with van der Waals surface area (Å²) in [6.45, 7) is 0. The number of anilines is 3. The molecule has 0 atom stereocenters. The van der Waals surface area contributed by atoms with Crippen molar-refractivity contribution in [2.45, 2.75) is 0 Å². The quantitative estimate of drug-likeness (QED) is 0.752. The van der Waals surface area contributed by atoms with Crippen LogP contribution in [0.3, 0.4) is 0 Å². The Morgan fingerprint density at radius 2 is 2.04 bits per heavy atom. The first-order valence-corrected chi connectivity index (χ1v) is 6.96. The first-order chi connectivity index (χ1) is 11.2. The summed E-state index contributed by atoms with van der Waals surface area (Å²) in [4.78, 5) is 16.0. The van der Waals surface area contributed by atoms with E-state index in [2.05, 4.69) is 15.6 Å². The van der Waals surface area contributed by atoms with Crippen molar-refractivity contribution >= 4 is 23.1 Å². The van der Waals surface area contributed by atoms with Crippen LogP contribution < -0.4 is 15.4 Å². The van der Waals surface area contributed by atoms with Crippen molar-refractivity contribution in [3.63, 3.8) is 0 Å². The van der Waals surface area contributed by atoms with Gasteiger partial charge in [0, 0.05) is 11.8 Å². The number of carbonyl (C=O) groups excluding carboxylic acids is 1. The van der Waals surface area contributed by atoms with Crippen molar-refractivity contribution in [3.05, 3.63) is 66.8 Å². The average Bonchev–Trinajstić information content (AvgIpc) is 3.11. The number of furan rings is 1. The highest BCUT2D eigenvalue weighted by atomic mass is 16.5. The van der Waals surface area contributed by atoms with E-state index in [4.69, 9.17) is 9.15 Å². The molecule has 0 spiro atoms. The molecule has 0 aliphatic heterocycles. The summed E-state index contributed by atoms with van der Waals surface area (Å²) in [6.07, 6.45) is 3.08. The maximum absolute atomic E-state index is 11.8. The Morgan fingerprint density at radius 3 is 2.74 bits per heavy atom. The maximum atomic E-state index is 11.8. The zero-order valence-electron chi connectivity index (χ0n) is 12.4. The van der Waals surface area contributed by atoms with Crippen LogP contribution in [0.5, 0.6) is 5.75 Å². The molecule has 0 bridgehead atoms. The predicted molar refractivity (Wildman–Crippen MR) is 87.2 cm³/mol. The van der Waals surface area contributed by atoms with E-state index in [1.165, 1.54) is 6.26 Å². The summed E-state index contributed by atoms with van der Waals surface area (Å²) >= 11 is 0. The third kappa shape index (κ3) is 3.68. The van der Waals surface area contributed by atoms with Gasteiger partial charge in [-0.2, -0.15) is 0 Å². The topological polar surface area (TPSA) is 76.4 Å². The molecule has 2 heterocycles. The molecule has 0 radical (unpaired) electrons. The highest BCUT2D eigenvalue weighted by molar-refractivity contribution is 6.01. The summed E-state index contributed by atoms with van der Waals surface area (Å²) in [5.74, 6) is 1.12. The van der Waals surface area contributed by atoms with Gasteiger partial charge in [0.15, 0.2) is 5.76 Å². The van der Waals surface area contributed by atoms with Crippen molar-refractivity contribution < 1.29 is 13.9 Å². The minimum absolute atomic E-state index is 0.241. The van der Waals surface area contributed by atoms with Crippen LogP contribution >= 0.6 is 0 Å². The molecule has 6 nitrogen and oxygen atoms in total. The van der Waals surface area contributed by atoms with Crippen molar-refractivity contribution in [1.82, 2.24) is 4.98 Å². The molecule has 0 fully saturated rings. The van der Waals surface area contributed by atoms with E-state index in [1.54, 1.807) is 31.5 Å². The summed E-state index contributed by atoms with van der Waals surface area (Å²) in [6, 6.07) is 14.4. The van der Waals surface area contributed by atoms with Crippen LogP contribution in [-0.2, 0) is 0 Å². The van der Waals surface area contributed by atoms with Gasteiger partial charge in [0.2, 0.25) is 0 Å². The van der Waals surface area contributed by atoms with Crippen LogP contribution in [-0.4, -0.2) is 18.0 Å². The molecule has 6 heteroatoms. The standard InChI is InChI=1S/C17H15N3O3/c1-22-14-5-2-4-12(10-14)19-13-7-8-16(18-11-13)20-17(21)15-6-3-9-23-15/h2-11,19H,1H3,(H,18,20,21). The van der Waals surface area contributed by atoms with E-state index in [0.29, 0.717) is 5.82 Å². The maximum Gasteiger partial charge on any atom is 0.292 e. The van der Waals surface area contributed by atoms with E-state index in [0.717, 1.165) is 17.1 Å². The second kappa shape index (κ2) is 6.65. The fourth-order valence-electron chi connectivity index (χ4n) is 1.99. The number of hydrogen-bond donors (Lipinski definition) is 2. The molecule has 3 aromatic rings. The van der Waals surface area contributed by atoms with Crippen LogP contribution in [0.25, 0.3) is 0 Å². The molecule has 0 unspecified atom stereocenters. The van der Waals surface area contributed by atoms with Crippen LogP contribution in [0.1, 0.15) is 10.6 Å². The average molecular weight is 309 g/mol. The van der Waals surface area contributed by atoms with Gasteiger partial charge in [-0.25, -0.2) is 4.98 Å². The van der Waals surface area contributed by atoms with Gasteiger partial charge in [-0.05, 0) is 36.4 Å². The van der Waals surface area contributed by atoms with Crippen LogP contribution in [0.15, 0.2) is 65.4 Å². The lowest BCUT2D eigenvalue weighted by atomic mass is 10.3. The van der Waals surface area contributed by atoms with Crippen molar-refractivity contribution in [1.29, 1.82) is 0 Å². The number of methoxy groups -OCH3 is 1. The fraction of sp³-hybridized carbons (Fsp3) is 0.0588. The summed E-state index contributed by atoms with van der Waals surface area (Å²) in [7, 11) is 1.62. The highest BCUT2D eigenvalue weighted by Crippen LogP contribution is 2.21. The zero-order valence-corrected chi connectivity index (χ0v) is 12.4. The minimum Gasteiger partial charge on any atom is -0.497 e. The highest BCUT2D eigenvalue weighted by Gasteiger charge is 2.09. The van der Waals surface area contributed by atoms with Gasteiger partial charge in [0.05, 0.1) is 25.3 Å². The smallest absolute Gasteiger partial charge is 0.292 e. The van der Waals surface area contributed by atoms with Gasteiger partial charge in [0.25, 0.3) is 5.91 Å². The molecule has 2 aromatic heterocycles. The number of pyridine rings is 1. The molecule has 116 valence electrons. The molecule has 0 saturated heterocycles. The van der Waals surface area contributed by atoms with Crippen molar-refractivity contribution in [2.75, 3.05) is 17.7 Å². The predicted octanol–water partition coefficient (Wildman–Crippen LogP) is 3.68. The molecular formula is C17H15N3O3. The van der Waals surface area contributed by atoms with Gasteiger partial charge in [-0.15, -0.1) is 0 Å². The molecular weight excluding hydrogens is 294 g/mol. The molecule has 0 aliphatic carbocycles. The third-order valence-electron chi connectivity index (χ3n) is 3.11. The Kier molecular flexibility index (Phi) is 4.24. The number of carbonyl (C=O) groups is 1. The van der Waals surface area contributed by atoms with Crippen LogP contribution in [0.2, 0.25) is 0 Å². The van der Waals surface area contributed by atoms with Crippen molar-refractivity contribution in [3.8, 4) is 5.75 Å². The van der Waals surface area contributed by atoms with E-state index >= 15 is 0 Å². The Labute approximate surface area is 133 Å². The normalized spacial score (nSPS) is 10.1. The SMILES string of the molecule is COc1cccc(Nc2ccc(NC(=O)c3ccco3)nc2)c1. The largest absolute Gasteiger partial charge is 0.497 e. The fourth-order valence-corrected chi connectivity index (χ4v) is 1.99. The monoisotopic (exact) mass is 309 g/mol. The van der Waals surface area contributed by atoms with Gasteiger partial charge in [0.1, 0.15) is 11.6 Å². The van der Waals surface area contributed by atoms with E-state index in [-0.39, 0.29) is 11.7 Å². The Balaban J connectivity index is 1.66. The number of hydrogen-bond acceptors (Lipinski definition) is 5. The summed E-state index contributed by atoms with van der Waals surface area (Å²) < 4.78 is 10.2. The number of aromatic nitrogens is 1. The summed E-state index contributed by atoms with van der Waals surface area (Å²) in [5.41, 5.74) is 1.69. The van der Waals surface area contributed by atoms with Crippen LogP contribution in [0.4, 0.5) is 17.2 Å². The third-order valence-corrected chi connectivity index (χ3v) is 3.11. The lowest BCUT2D eigenvalue weighted by molar-refractivity contribution is 0.0996.